The maximum absolute atomic E-state index is 5.57. The van der Waals surface area contributed by atoms with E-state index in [-0.39, 0.29) is 0 Å². The number of thiophene rings is 1. The molecule has 2 N–H and O–H groups in total. The molecule has 17 heavy (non-hydrogen) atoms. The molecule has 2 rings (SSSR count). The summed E-state index contributed by atoms with van der Waals surface area (Å²) in [5.41, 5.74) is 5.57. The summed E-state index contributed by atoms with van der Waals surface area (Å²) in [7, 11) is 0. The van der Waals surface area contributed by atoms with Crippen molar-refractivity contribution >= 4 is 27.4 Å². The highest BCUT2D eigenvalue weighted by molar-refractivity contribution is 7.18. The summed E-state index contributed by atoms with van der Waals surface area (Å²) in [6, 6.07) is 2.17. The SMILES string of the molecule is CCN(CCCN)c1ncnc2sc(C)cc12. The molecule has 92 valence electrons. The van der Waals surface area contributed by atoms with Crippen LogP contribution in [0.5, 0.6) is 0 Å². The predicted molar refractivity (Wildman–Crippen MR) is 73.7 cm³/mol. The molecule has 0 bridgehead atoms. The van der Waals surface area contributed by atoms with E-state index in [9.17, 15) is 0 Å². The molecular weight excluding hydrogens is 232 g/mol. The molecule has 0 saturated heterocycles. The second-order valence-electron chi connectivity index (χ2n) is 4.00. The number of aryl methyl sites for hydroxylation is 1. The first-order valence-corrected chi connectivity index (χ1v) is 6.74. The summed E-state index contributed by atoms with van der Waals surface area (Å²) in [5, 5.41) is 1.16. The molecule has 2 aromatic rings. The van der Waals surface area contributed by atoms with Crippen LogP contribution in [-0.2, 0) is 0 Å². The summed E-state index contributed by atoms with van der Waals surface area (Å²) < 4.78 is 0. The van der Waals surface area contributed by atoms with Crippen LogP contribution in [0.2, 0.25) is 0 Å². The van der Waals surface area contributed by atoms with Crippen LogP contribution in [0, 0.1) is 6.92 Å². The van der Waals surface area contributed by atoms with E-state index in [2.05, 4.69) is 34.8 Å². The third kappa shape index (κ3) is 2.56. The Bertz CT molecular complexity index is 494. The summed E-state index contributed by atoms with van der Waals surface area (Å²) in [5.74, 6) is 1.04. The fraction of sp³-hybridized carbons (Fsp3) is 0.500. The van der Waals surface area contributed by atoms with Gasteiger partial charge in [-0.1, -0.05) is 0 Å². The van der Waals surface area contributed by atoms with Gasteiger partial charge in [0.1, 0.15) is 17.0 Å². The number of nitrogens with two attached hydrogens (primary N) is 1. The van der Waals surface area contributed by atoms with E-state index in [1.807, 2.05) is 0 Å². The first-order valence-electron chi connectivity index (χ1n) is 5.92. The Morgan fingerprint density at radius 2 is 2.24 bits per heavy atom. The fourth-order valence-corrected chi connectivity index (χ4v) is 2.75. The van der Waals surface area contributed by atoms with Crippen LogP contribution in [0.3, 0.4) is 0 Å². The van der Waals surface area contributed by atoms with Gasteiger partial charge in [0.15, 0.2) is 0 Å². The van der Waals surface area contributed by atoms with Crippen molar-refractivity contribution in [1.82, 2.24) is 9.97 Å². The smallest absolute Gasteiger partial charge is 0.140 e. The van der Waals surface area contributed by atoms with E-state index in [4.69, 9.17) is 5.73 Å². The number of anilines is 1. The van der Waals surface area contributed by atoms with Crippen molar-refractivity contribution in [3.05, 3.63) is 17.3 Å². The van der Waals surface area contributed by atoms with Crippen LogP contribution in [0.1, 0.15) is 18.2 Å². The molecule has 2 aromatic heterocycles. The first kappa shape index (κ1) is 12.3. The van der Waals surface area contributed by atoms with Crippen molar-refractivity contribution in [3.8, 4) is 0 Å². The Labute approximate surface area is 105 Å². The monoisotopic (exact) mass is 250 g/mol. The number of nitrogens with zero attached hydrogens (tertiary/aromatic N) is 3. The molecule has 0 radical (unpaired) electrons. The van der Waals surface area contributed by atoms with Crippen molar-refractivity contribution in [2.24, 2.45) is 5.73 Å². The minimum Gasteiger partial charge on any atom is -0.356 e. The van der Waals surface area contributed by atoms with Crippen molar-refractivity contribution in [2.45, 2.75) is 20.3 Å². The molecule has 2 heterocycles. The van der Waals surface area contributed by atoms with E-state index >= 15 is 0 Å². The Morgan fingerprint density at radius 1 is 1.41 bits per heavy atom. The molecule has 0 aliphatic carbocycles. The number of rotatable bonds is 5. The summed E-state index contributed by atoms with van der Waals surface area (Å²) >= 11 is 1.72. The number of hydrogen-bond acceptors (Lipinski definition) is 5. The molecule has 0 aliphatic rings. The highest BCUT2D eigenvalue weighted by atomic mass is 32.1. The van der Waals surface area contributed by atoms with Crippen molar-refractivity contribution in [1.29, 1.82) is 0 Å². The standard InChI is InChI=1S/C12H18N4S/c1-3-16(6-4-5-13)11-10-7-9(2)17-12(10)15-8-14-11/h7-8H,3-6,13H2,1-2H3. The van der Waals surface area contributed by atoms with Gasteiger partial charge in [-0.05, 0) is 32.9 Å². The summed E-state index contributed by atoms with van der Waals surface area (Å²) in [4.78, 5) is 13.4. The molecule has 0 saturated carbocycles. The van der Waals surface area contributed by atoms with Gasteiger partial charge in [0.05, 0.1) is 5.39 Å². The third-order valence-electron chi connectivity index (χ3n) is 2.74. The summed E-state index contributed by atoms with van der Waals surface area (Å²) in [6.45, 7) is 6.86. The lowest BCUT2D eigenvalue weighted by molar-refractivity contribution is 0.747. The van der Waals surface area contributed by atoms with Crippen molar-refractivity contribution in [3.63, 3.8) is 0 Å². The van der Waals surface area contributed by atoms with E-state index in [1.165, 1.54) is 4.88 Å². The van der Waals surface area contributed by atoms with Crippen molar-refractivity contribution < 1.29 is 0 Å². The highest BCUT2D eigenvalue weighted by Crippen LogP contribution is 2.29. The van der Waals surface area contributed by atoms with Gasteiger partial charge >= 0.3 is 0 Å². The van der Waals surface area contributed by atoms with Gasteiger partial charge in [-0.3, -0.25) is 0 Å². The minimum absolute atomic E-state index is 0.716. The maximum Gasteiger partial charge on any atom is 0.140 e. The van der Waals surface area contributed by atoms with Gasteiger partial charge in [-0.15, -0.1) is 11.3 Å². The van der Waals surface area contributed by atoms with Gasteiger partial charge in [-0.25, -0.2) is 9.97 Å². The van der Waals surface area contributed by atoms with E-state index < -0.39 is 0 Å². The van der Waals surface area contributed by atoms with Crippen LogP contribution in [-0.4, -0.2) is 29.6 Å². The molecule has 5 heteroatoms. The van der Waals surface area contributed by atoms with Crippen molar-refractivity contribution in [2.75, 3.05) is 24.5 Å². The molecule has 4 nitrogen and oxygen atoms in total. The van der Waals surface area contributed by atoms with E-state index in [0.717, 1.165) is 35.5 Å². The predicted octanol–water partition coefficient (Wildman–Crippen LogP) is 2.17. The van der Waals surface area contributed by atoms with Gasteiger partial charge in [-0.2, -0.15) is 0 Å². The van der Waals surface area contributed by atoms with Crippen LogP contribution >= 0.6 is 11.3 Å². The van der Waals surface area contributed by atoms with Gasteiger partial charge in [0.2, 0.25) is 0 Å². The topological polar surface area (TPSA) is 55.0 Å². The van der Waals surface area contributed by atoms with Crippen LogP contribution in [0.25, 0.3) is 10.2 Å². The fourth-order valence-electron chi connectivity index (χ4n) is 1.91. The highest BCUT2D eigenvalue weighted by Gasteiger charge is 2.12. The number of aromatic nitrogens is 2. The zero-order valence-corrected chi connectivity index (χ0v) is 11.1. The molecule has 0 spiro atoms. The molecule has 0 aromatic carbocycles. The normalized spacial score (nSPS) is 11.0. The van der Waals surface area contributed by atoms with Crippen LogP contribution in [0.4, 0.5) is 5.82 Å². The second-order valence-corrected chi connectivity index (χ2v) is 5.23. The molecule has 0 atom stereocenters. The Hall–Kier alpha value is -1.20. The number of hydrogen-bond donors (Lipinski definition) is 1. The zero-order valence-electron chi connectivity index (χ0n) is 10.3. The zero-order chi connectivity index (χ0) is 12.3. The van der Waals surface area contributed by atoms with E-state index in [1.54, 1.807) is 17.7 Å². The third-order valence-corrected chi connectivity index (χ3v) is 3.70. The van der Waals surface area contributed by atoms with Gasteiger partial charge < -0.3 is 10.6 Å². The average molecular weight is 250 g/mol. The van der Waals surface area contributed by atoms with E-state index in [0.29, 0.717) is 6.54 Å². The summed E-state index contributed by atoms with van der Waals surface area (Å²) in [6.07, 6.45) is 2.64. The largest absolute Gasteiger partial charge is 0.356 e. The second kappa shape index (κ2) is 5.42. The van der Waals surface area contributed by atoms with Crippen LogP contribution < -0.4 is 10.6 Å². The molecule has 0 unspecified atom stereocenters. The lowest BCUT2D eigenvalue weighted by Gasteiger charge is -2.21. The molecular formula is C12H18N4S. The quantitative estimate of drug-likeness (QED) is 0.883. The Kier molecular flexibility index (Phi) is 3.91. The lowest BCUT2D eigenvalue weighted by Crippen LogP contribution is -2.26. The van der Waals surface area contributed by atoms with Crippen LogP contribution in [0.15, 0.2) is 12.4 Å². The molecule has 0 amide bonds. The number of fused-ring (bicyclic) bond motifs is 1. The maximum atomic E-state index is 5.57. The molecule has 0 fully saturated rings. The Balaban J connectivity index is 2.38. The average Bonchev–Trinajstić information content (AvgIpc) is 2.71. The Morgan fingerprint density at radius 3 is 2.94 bits per heavy atom. The minimum atomic E-state index is 0.716. The molecule has 0 aliphatic heterocycles. The first-order chi connectivity index (χ1) is 8.26. The lowest BCUT2D eigenvalue weighted by atomic mass is 10.3. The van der Waals surface area contributed by atoms with Gasteiger partial charge in [0, 0.05) is 18.0 Å². The van der Waals surface area contributed by atoms with Gasteiger partial charge in [0.25, 0.3) is 0 Å².